The fourth-order valence-corrected chi connectivity index (χ4v) is 3.43. The molecule has 0 atom stereocenters. The molecule has 5 rings (SSSR count). The number of nitrogen functional groups attached to an aromatic ring is 1. The van der Waals surface area contributed by atoms with Crippen molar-refractivity contribution in [2.75, 3.05) is 17.7 Å². The molecule has 0 spiro atoms. The van der Waals surface area contributed by atoms with Crippen molar-refractivity contribution in [3.63, 3.8) is 0 Å². The molecule has 0 aliphatic heterocycles. The van der Waals surface area contributed by atoms with Crippen molar-refractivity contribution in [1.82, 2.24) is 29.5 Å². The van der Waals surface area contributed by atoms with E-state index in [1.54, 1.807) is 29.2 Å². The van der Waals surface area contributed by atoms with Crippen molar-refractivity contribution >= 4 is 17.6 Å². The molecule has 0 aliphatic carbocycles. The average molecular weight is 436 g/mol. The summed E-state index contributed by atoms with van der Waals surface area (Å²) in [4.78, 5) is 24.1. The molecule has 162 valence electrons. The highest BCUT2D eigenvalue weighted by atomic mass is 16.3. The third-order valence-corrected chi connectivity index (χ3v) is 5.11. The molecule has 9 heteroatoms. The molecule has 9 nitrogen and oxygen atoms in total. The van der Waals surface area contributed by atoms with Crippen LogP contribution < -0.4 is 10.6 Å². The van der Waals surface area contributed by atoms with E-state index in [0.29, 0.717) is 17.6 Å². The summed E-state index contributed by atoms with van der Waals surface area (Å²) in [6.45, 7) is 0. The van der Waals surface area contributed by atoms with E-state index in [1.165, 1.54) is 0 Å². The van der Waals surface area contributed by atoms with E-state index < -0.39 is 0 Å². The van der Waals surface area contributed by atoms with Crippen molar-refractivity contribution in [2.45, 2.75) is 0 Å². The van der Waals surface area contributed by atoms with Gasteiger partial charge in [-0.15, -0.1) is 0 Å². The number of pyridine rings is 1. The van der Waals surface area contributed by atoms with Crippen molar-refractivity contribution < 1.29 is 5.11 Å². The Morgan fingerprint density at radius 1 is 0.879 bits per heavy atom. The highest BCUT2D eigenvalue weighted by Crippen LogP contribution is 2.30. The van der Waals surface area contributed by atoms with Crippen LogP contribution in [0.15, 0.2) is 85.5 Å². The maximum Gasteiger partial charge on any atom is 0.241 e. The number of para-hydroxylation sites is 1. The van der Waals surface area contributed by atoms with Gasteiger partial charge in [0.2, 0.25) is 17.8 Å². The Balaban J connectivity index is 1.52. The number of phenols is 1. The first-order valence-corrected chi connectivity index (χ1v) is 10.2. The van der Waals surface area contributed by atoms with Crippen LogP contribution in [-0.4, -0.2) is 41.6 Å². The number of hydrogen-bond donors (Lipinski definition) is 2. The molecular formula is C24H20N8O. The summed E-state index contributed by atoms with van der Waals surface area (Å²) in [7, 11) is 1.87. The van der Waals surface area contributed by atoms with Crippen LogP contribution in [0.1, 0.15) is 0 Å². The second-order valence-electron chi connectivity index (χ2n) is 7.30. The predicted molar refractivity (Wildman–Crippen MR) is 126 cm³/mol. The van der Waals surface area contributed by atoms with Crippen molar-refractivity contribution in [1.29, 1.82) is 0 Å². The minimum absolute atomic E-state index is 0.110. The van der Waals surface area contributed by atoms with Crippen LogP contribution in [0.4, 0.5) is 17.6 Å². The maximum absolute atomic E-state index is 9.61. The van der Waals surface area contributed by atoms with Gasteiger partial charge in [0, 0.05) is 36.3 Å². The van der Waals surface area contributed by atoms with Crippen molar-refractivity contribution in [3.05, 3.63) is 85.5 Å². The van der Waals surface area contributed by atoms with E-state index in [2.05, 4.69) is 24.9 Å². The first-order chi connectivity index (χ1) is 16.1. The van der Waals surface area contributed by atoms with Crippen LogP contribution >= 0.6 is 0 Å². The Morgan fingerprint density at radius 3 is 2.45 bits per heavy atom. The van der Waals surface area contributed by atoms with Crippen LogP contribution in [-0.2, 0) is 0 Å². The third-order valence-electron chi connectivity index (χ3n) is 5.11. The summed E-state index contributed by atoms with van der Waals surface area (Å²) < 4.78 is 1.70. The number of imidazole rings is 1. The summed E-state index contributed by atoms with van der Waals surface area (Å²) in [6, 6.07) is 20.4. The lowest BCUT2D eigenvalue weighted by Gasteiger charge is -2.17. The monoisotopic (exact) mass is 436 g/mol. The van der Waals surface area contributed by atoms with Crippen LogP contribution in [0, 0.1) is 0 Å². The van der Waals surface area contributed by atoms with Gasteiger partial charge in [-0.2, -0.15) is 15.0 Å². The molecule has 0 saturated carbocycles. The highest BCUT2D eigenvalue weighted by molar-refractivity contribution is 5.78. The second kappa shape index (κ2) is 8.39. The molecule has 0 radical (unpaired) electrons. The molecule has 0 saturated heterocycles. The third kappa shape index (κ3) is 4.07. The molecule has 3 aromatic heterocycles. The minimum Gasteiger partial charge on any atom is -0.508 e. The van der Waals surface area contributed by atoms with Gasteiger partial charge in [-0.05, 0) is 48.5 Å². The number of rotatable bonds is 5. The lowest BCUT2D eigenvalue weighted by Crippen LogP contribution is -2.16. The zero-order valence-corrected chi connectivity index (χ0v) is 17.7. The molecule has 2 aromatic carbocycles. The summed E-state index contributed by atoms with van der Waals surface area (Å²) in [5.74, 6) is 1.09. The van der Waals surface area contributed by atoms with Gasteiger partial charge in [0.1, 0.15) is 12.1 Å². The van der Waals surface area contributed by atoms with Gasteiger partial charge >= 0.3 is 0 Å². The summed E-state index contributed by atoms with van der Waals surface area (Å²) >= 11 is 0. The number of phenolic OH excluding ortho intramolecular Hbond substituents is 1. The Bertz CT molecular complexity index is 1400. The SMILES string of the molecule is CN(c1ccccc1)c1nc(N)nc(-n2cnc(-c3cccnc3-c3ccc(O)cc3)c2)n1. The average Bonchev–Trinajstić information content (AvgIpc) is 3.35. The number of nitrogens with zero attached hydrogens (tertiary/aromatic N) is 7. The fourth-order valence-electron chi connectivity index (χ4n) is 3.43. The maximum atomic E-state index is 9.61. The summed E-state index contributed by atoms with van der Waals surface area (Å²) in [5.41, 5.74) is 10.1. The number of aromatic nitrogens is 6. The Hall–Kier alpha value is -4.79. The van der Waals surface area contributed by atoms with E-state index in [-0.39, 0.29) is 11.7 Å². The van der Waals surface area contributed by atoms with Gasteiger partial charge < -0.3 is 15.7 Å². The van der Waals surface area contributed by atoms with Gasteiger partial charge in [-0.3, -0.25) is 9.55 Å². The van der Waals surface area contributed by atoms with E-state index in [0.717, 1.165) is 22.5 Å². The number of aromatic hydroxyl groups is 1. The number of benzene rings is 2. The molecular weight excluding hydrogens is 416 g/mol. The Morgan fingerprint density at radius 2 is 1.67 bits per heavy atom. The number of nitrogens with two attached hydrogens (primary N) is 1. The molecule has 33 heavy (non-hydrogen) atoms. The van der Waals surface area contributed by atoms with Crippen molar-refractivity contribution in [2.24, 2.45) is 0 Å². The number of hydrogen-bond acceptors (Lipinski definition) is 8. The van der Waals surface area contributed by atoms with Gasteiger partial charge in [-0.25, -0.2) is 4.98 Å². The summed E-state index contributed by atoms with van der Waals surface area (Å²) in [5, 5.41) is 9.61. The molecule has 0 bridgehead atoms. The number of anilines is 3. The minimum atomic E-state index is 0.110. The van der Waals surface area contributed by atoms with E-state index in [1.807, 2.05) is 72.7 Å². The second-order valence-corrected chi connectivity index (χ2v) is 7.30. The van der Waals surface area contributed by atoms with Crippen molar-refractivity contribution in [3.8, 4) is 34.2 Å². The molecule has 3 N–H and O–H groups in total. The zero-order chi connectivity index (χ0) is 22.8. The lowest BCUT2D eigenvalue weighted by atomic mass is 10.0. The quantitative estimate of drug-likeness (QED) is 0.426. The molecule has 0 aliphatic rings. The Labute approximate surface area is 189 Å². The van der Waals surface area contributed by atoms with Crippen LogP contribution in [0.2, 0.25) is 0 Å². The standard InChI is InChI=1S/C24H20N8O/c1-31(17-6-3-2-4-7-17)23-28-22(25)29-24(30-23)32-14-20(27-15-32)19-8-5-13-26-21(19)16-9-11-18(33)12-10-16/h2-15,33H,1H3,(H2,25,28,29,30). The topological polar surface area (TPSA) is 119 Å². The smallest absolute Gasteiger partial charge is 0.241 e. The normalized spacial score (nSPS) is 10.8. The molecule has 0 fully saturated rings. The Kier molecular flexibility index (Phi) is 5.12. The van der Waals surface area contributed by atoms with Crippen LogP contribution in [0.3, 0.4) is 0 Å². The van der Waals surface area contributed by atoms with Gasteiger partial charge in [0.25, 0.3) is 0 Å². The molecule has 0 amide bonds. The lowest BCUT2D eigenvalue weighted by molar-refractivity contribution is 0.475. The predicted octanol–water partition coefficient (Wildman–Crippen LogP) is 3.84. The zero-order valence-electron chi connectivity index (χ0n) is 17.7. The van der Waals surface area contributed by atoms with E-state index in [4.69, 9.17) is 5.73 Å². The first-order valence-electron chi connectivity index (χ1n) is 10.2. The van der Waals surface area contributed by atoms with E-state index >= 15 is 0 Å². The molecule has 0 unspecified atom stereocenters. The van der Waals surface area contributed by atoms with Crippen LogP contribution in [0.5, 0.6) is 5.75 Å². The van der Waals surface area contributed by atoms with Gasteiger partial charge in [0.15, 0.2) is 0 Å². The van der Waals surface area contributed by atoms with Crippen LogP contribution in [0.25, 0.3) is 28.5 Å². The fraction of sp³-hybridized carbons (Fsp3) is 0.0417. The summed E-state index contributed by atoms with van der Waals surface area (Å²) in [6.07, 6.45) is 5.17. The van der Waals surface area contributed by atoms with E-state index in [9.17, 15) is 5.11 Å². The largest absolute Gasteiger partial charge is 0.508 e. The van der Waals surface area contributed by atoms with Gasteiger partial charge in [0.05, 0.1) is 11.4 Å². The van der Waals surface area contributed by atoms with Gasteiger partial charge in [-0.1, -0.05) is 18.2 Å². The first kappa shape index (κ1) is 20.1. The molecule has 5 aromatic rings. The molecule has 3 heterocycles. The highest BCUT2D eigenvalue weighted by Gasteiger charge is 2.15.